The lowest BCUT2D eigenvalue weighted by Crippen LogP contribution is -2.38. The number of hydrogen-bond donors (Lipinski definition) is 1. The van der Waals surface area contributed by atoms with Crippen molar-refractivity contribution in [3.63, 3.8) is 0 Å². The smallest absolute Gasteiger partial charge is 0.248 e. The molecular weight excluding hydrogens is 316 g/mol. The average molecular weight is 338 g/mol. The van der Waals surface area contributed by atoms with E-state index in [0.29, 0.717) is 11.4 Å². The monoisotopic (exact) mass is 338 g/mol. The van der Waals surface area contributed by atoms with Crippen molar-refractivity contribution >= 4 is 29.3 Å². The van der Waals surface area contributed by atoms with Crippen molar-refractivity contribution in [2.75, 3.05) is 16.8 Å². The number of benzene rings is 1. The molecule has 0 spiro atoms. The van der Waals surface area contributed by atoms with Crippen LogP contribution in [0.3, 0.4) is 0 Å². The van der Waals surface area contributed by atoms with Gasteiger partial charge in [0.25, 0.3) is 0 Å². The maximum atomic E-state index is 12.4. The second-order valence-electron chi connectivity index (χ2n) is 6.43. The quantitative estimate of drug-likeness (QED) is 0.861. The molecule has 5 nitrogen and oxygen atoms in total. The van der Waals surface area contributed by atoms with E-state index in [-0.39, 0.29) is 17.7 Å². The molecule has 0 saturated carbocycles. The Balaban J connectivity index is 1.76. The predicted octanol–water partition coefficient (Wildman–Crippen LogP) is 3.87. The Bertz CT molecular complexity index is 791. The van der Waals surface area contributed by atoms with Gasteiger partial charge in [-0.2, -0.15) is 0 Å². The third-order valence-corrected chi connectivity index (χ3v) is 4.17. The SMILES string of the molecule is CC(C)C(=O)N1CCCc2ccc(NC(=O)/C=C/c3ccco3)cc21. The minimum absolute atomic E-state index is 0.0552. The van der Waals surface area contributed by atoms with Crippen LogP contribution in [0.25, 0.3) is 6.08 Å². The Morgan fingerprint density at radius 3 is 2.84 bits per heavy atom. The number of carbonyl (C=O) groups excluding carboxylic acids is 2. The first-order chi connectivity index (χ1) is 12.0. The van der Waals surface area contributed by atoms with Crippen LogP contribution in [0.1, 0.15) is 31.6 Å². The first kappa shape index (κ1) is 17.0. The number of hydrogen-bond acceptors (Lipinski definition) is 3. The van der Waals surface area contributed by atoms with E-state index in [0.717, 1.165) is 30.6 Å². The Kier molecular flexibility index (Phi) is 5.03. The van der Waals surface area contributed by atoms with Crippen molar-refractivity contribution in [1.29, 1.82) is 0 Å². The zero-order valence-electron chi connectivity index (χ0n) is 14.5. The lowest BCUT2D eigenvalue weighted by Gasteiger charge is -2.31. The number of anilines is 2. The van der Waals surface area contributed by atoms with Crippen molar-refractivity contribution in [3.05, 3.63) is 54.0 Å². The summed E-state index contributed by atoms with van der Waals surface area (Å²) in [6.07, 6.45) is 6.51. The molecule has 0 bridgehead atoms. The molecule has 1 aromatic carbocycles. The summed E-state index contributed by atoms with van der Waals surface area (Å²) >= 11 is 0. The van der Waals surface area contributed by atoms with E-state index in [1.807, 2.05) is 36.9 Å². The third-order valence-electron chi connectivity index (χ3n) is 4.17. The fourth-order valence-corrected chi connectivity index (χ4v) is 2.92. The van der Waals surface area contributed by atoms with Gasteiger partial charge in [-0.1, -0.05) is 19.9 Å². The molecule has 25 heavy (non-hydrogen) atoms. The summed E-state index contributed by atoms with van der Waals surface area (Å²) in [7, 11) is 0. The molecule has 0 saturated heterocycles. The minimum atomic E-state index is -0.242. The topological polar surface area (TPSA) is 62.6 Å². The van der Waals surface area contributed by atoms with Crippen molar-refractivity contribution in [1.82, 2.24) is 0 Å². The lowest BCUT2D eigenvalue weighted by molar-refractivity contribution is -0.121. The summed E-state index contributed by atoms with van der Waals surface area (Å²) < 4.78 is 5.16. The Hall–Kier alpha value is -2.82. The molecule has 0 radical (unpaired) electrons. The van der Waals surface area contributed by atoms with Crippen LogP contribution in [0.15, 0.2) is 47.1 Å². The Morgan fingerprint density at radius 2 is 2.12 bits per heavy atom. The van der Waals surface area contributed by atoms with Gasteiger partial charge in [-0.25, -0.2) is 0 Å². The molecule has 1 N–H and O–H groups in total. The normalized spacial score (nSPS) is 14.0. The Morgan fingerprint density at radius 1 is 1.28 bits per heavy atom. The number of nitrogens with one attached hydrogen (secondary N) is 1. The van der Waals surface area contributed by atoms with Crippen LogP contribution in [-0.2, 0) is 16.0 Å². The van der Waals surface area contributed by atoms with Gasteiger partial charge in [0.2, 0.25) is 11.8 Å². The van der Waals surface area contributed by atoms with Gasteiger partial charge in [0.15, 0.2) is 0 Å². The van der Waals surface area contributed by atoms with Crippen molar-refractivity contribution in [2.45, 2.75) is 26.7 Å². The van der Waals surface area contributed by atoms with Crippen LogP contribution in [0.4, 0.5) is 11.4 Å². The highest BCUT2D eigenvalue weighted by atomic mass is 16.3. The molecular formula is C20H22N2O3. The highest BCUT2D eigenvalue weighted by Gasteiger charge is 2.24. The fourth-order valence-electron chi connectivity index (χ4n) is 2.92. The summed E-state index contributed by atoms with van der Waals surface area (Å²) in [4.78, 5) is 26.4. The van der Waals surface area contributed by atoms with E-state index < -0.39 is 0 Å². The summed E-state index contributed by atoms with van der Waals surface area (Å²) in [5, 5.41) is 2.84. The van der Waals surface area contributed by atoms with Gasteiger partial charge in [-0.3, -0.25) is 9.59 Å². The molecule has 1 aliphatic rings. The number of fused-ring (bicyclic) bond motifs is 1. The third kappa shape index (κ3) is 3.99. The van der Waals surface area contributed by atoms with E-state index in [1.54, 1.807) is 24.5 Å². The van der Waals surface area contributed by atoms with Crippen LogP contribution in [0.5, 0.6) is 0 Å². The molecule has 2 heterocycles. The number of aryl methyl sites for hydroxylation is 1. The highest BCUT2D eigenvalue weighted by Crippen LogP contribution is 2.31. The molecule has 2 amide bonds. The standard InChI is InChI=1S/C20H22N2O3/c1-14(2)20(24)22-11-3-5-15-7-8-16(13-18(15)22)21-19(23)10-9-17-6-4-12-25-17/h4,6-10,12-14H,3,5,11H2,1-2H3,(H,21,23)/b10-9+. The van der Waals surface area contributed by atoms with Crippen molar-refractivity contribution in [2.24, 2.45) is 5.92 Å². The molecule has 0 fully saturated rings. The number of carbonyl (C=O) groups is 2. The highest BCUT2D eigenvalue weighted by molar-refractivity contribution is 6.03. The first-order valence-electron chi connectivity index (χ1n) is 8.51. The van der Waals surface area contributed by atoms with E-state index in [9.17, 15) is 9.59 Å². The minimum Gasteiger partial charge on any atom is -0.465 e. The second kappa shape index (κ2) is 7.38. The maximum Gasteiger partial charge on any atom is 0.248 e. The van der Waals surface area contributed by atoms with Gasteiger partial charge in [-0.15, -0.1) is 0 Å². The van der Waals surface area contributed by atoms with Crippen molar-refractivity contribution in [3.8, 4) is 0 Å². The van der Waals surface area contributed by atoms with Crippen LogP contribution in [-0.4, -0.2) is 18.4 Å². The average Bonchev–Trinajstić information content (AvgIpc) is 3.12. The summed E-state index contributed by atoms with van der Waals surface area (Å²) in [5.41, 5.74) is 2.72. The molecule has 2 aromatic rings. The first-order valence-corrected chi connectivity index (χ1v) is 8.51. The van der Waals surface area contributed by atoms with Crippen LogP contribution in [0.2, 0.25) is 0 Å². The van der Waals surface area contributed by atoms with E-state index in [1.165, 1.54) is 6.08 Å². The number of amides is 2. The Labute approximate surface area is 147 Å². The molecule has 1 aliphatic heterocycles. The second-order valence-corrected chi connectivity index (χ2v) is 6.43. The number of rotatable bonds is 4. The van der Waals surface area contributed by atoms with Crippen LogP contribution >= 0.6 is 0 Å². The van der Waals surface area contributed by atoms with Gasteiger partial charge < -0.3 is 14.6 Å². The van der Waals surface area contributed by atoms with Gasteiger partial charge in [-0.05, 0) is 48.7 Å². The number of nitrogens with zero attached hydrogens (tertiary/aromatic N) is 1. The summed E-state index contributed by atoms with van der Waals surface area (Å²) in [6, 6.07) is 9.29. The molecule has 0 unspecified atom stereocenters. The molecule has 0 atom stereocenters. The molecule has 0 aliphatic carbocycles. The lowest BCUT2D eigenvalue weighted by atomic mass is 9.99. The van der Waals surface area contributed by atoms with Gasteiger partial charge >= 0.3 is 0 Å². The van der Waals surface area contributed by atoms with Gasteiger partial charge in [0.1, 0.15) is 5.76 Å². The van der Waals surface area contributed by atoms with E-state index >= 15 is 0 Å². The fraction of sp³-hybridized carbons (Fsp3) is 0.300. The van der Waals surface area contributed by atoms with Gasteiger partial charge in [0.05, 0.1) is 6.26 Å². The van der Waals surface area contributed by atoms with Crippen LogP contribution < -0.4 is 10.2 Å². The van der Waals surface area contributed by atoms with E-state index in [4.69, 9.17) is 4.42 Å². The molecule has 5 heteroatoms. The number of furan rings is 1. The van der Waals surface area contributed by atoms with Gasteiger partial charge in [0, 0.05) is 29.9 Å². The summed E-state index contributed by atoms with van der Waals surface area (Å²) in [6.45, 7) is 4.53. The zero-order chi connectivity index (χ0) is 17.8. The van der Waals surface area contributed by atoms with Crippen molar-refractivity contribution < 1.29 is 14.0 Å². The molecule has 3 rings (SSSR count). The predicted molar refractivity (Wildman–Crippen MR) is 98.3 cm³/mol. The molecule has 1 aromatic heterocycles. The maximum absolute atomic E-state index is 12.4. The largest absolute Gasteiger partial charge is 0.465 e. The summed E-state index contributed by atoms with van der Waals surface area (Å²) in [5.74, 6) is 0.436. The molecule has 130 valence electrons. The zero-order valence-corrected chi connectivity index (χ0v) is 14.5. The van der Waals surface area contributed by atoms with Crippen LogP contribution in [0, 0.1) is 5.92 Å². The van der Waals surface area contributed by atoms with E-state index in [2.05, 4.69) is 5.32 Å².